The fourth-order valence-corrected chi connectivity index (χ4v) is 2.21. The van der Waals surface area contributed by atoms with Crippen molar-refractivity contribution in [1.82, 2.24) is 5.32 Å². The Morgan fingerprint density at radius 1 is 1.28 bits per heavy atom. The molecule has 5 heteroatoms. The van der Waals surface area contributed by atoms with E-state index in [1.165, 1.54) is 0 Å². The van der Waals surface area contributed by atoms with Gasteiger partial charge in [-0.2, -0.15) is 0 Å². The molecule has 1 saturated heterocycles. The second-order valence-corrected chi connectivity index (χ2v) is 5.92. The summed E-state index contributed by atoms with van der Waals surface area (Å²) < 4.78 is 5.21. The molecule has 0 aromatic heterocycles. The topological polar surface area (TPSA) is 75.6 Å². The Kier molecular flexibility index (Phi) is 4.73. The van der Waals surface area contributed by atoms with Gasteiger partial charge in [-0.15, -0.1) is 0 Å². The van der Waals surface area contributed by atoms with Crippen molar-refractivity contribution in [2.45, 2.75) is 52.1 Å². The molecule has 0 radical (unpaired) electrons. The van der Waals surface area contributed by atoms with Crippen LogP contribution in [0.25, 0.3) is 0 Å². The fraction of sp³-hybridized carbons (Fsp3) is 0.846. The molecule has 18 heavy (non-hydrogen) atoms. The predicted molar refractivity (Wildman–Crippen MR) is 67.3 cm³/mol. The van der Waals surface area contributed by atoms with Crippen molar-refractivity contribution >= 4 is 11.9 Å². The second-order valence-electron chi connectivity index (χ2n) is 5.92. The summed E-state index contributed by atoms with van der Waals surface area (Å²) >= 11 is 0. The van der Waals surface area contributed by atoms with Gasteiger partial charge < -0.3 is 15.2 Å². The smallest absolute Gasteiger partial charge is 0.309 e. The van der Waals surface area contributed by atoms with Gasteiger partial charge in [0.05, 0.1) is 5.41 Å². The Morgan fingerprint density at radius 2 is 1.83 bits per heavy atom. The van der Waals surface area contributed by atoms with Gasteiger partial charge in [0.15, 0.2) is 0 Å². The summed E-state index contributed by atoms with van der Waals surface area (Å²) in [6, 6.07) is 0. The molecule has 1 heterocycles. The maximum atomic E-state index is 11.6. The van der Waals surface area contributed by atoms with Gasteiger partial charge in [-0.1, -0.05) is 0 Å². The number of esters is 1. The van der Waals surface area contributed by atoms with Crippen LogP contribution in [0.15, 0.2) is 0 Å². The highest BCUT2D eigenvalue weighted by molar-refractivity contribution is 5.76. The van der Waals surface area contributed by atoms with Crippen molar-refractivity contribution in [2.24, 2.45) is 5.41 Å². The van der Waals surface area contributed by atoms with Crippen LogP contribution in [-0.2, 0) is 14.3 Å². The molecule has 0 amide bonds. The van der Waals surface area contributed by atoms with E-state index in [0.717, 1.165) is 0 Å². The van der Waals surface area contributed by atoms with Gasteiger partial charge in [0.25, 0.3) is 0 Å². The van der Waals surface area contributed by atoms with Crippen LogP contribution in [-0.4, -0.2) is 35.7 Å². The molecule has 0 atom stereocenters. The van der Waals surface area contributed by atoms with E-state index in [1.54, 1.807) is 0 Å². The number of carboxylic acids is 1. The summed E-state index contributed by atoms with van der Waals surface area (Å²) in [7, 11) is 0. The van der Waals surface area contributed by atoms with E-state index in [0.29, 0.717) is 32.4 Å². The molecule has 1 rings (SSSR count). The molecule has 0 aromatic rings. The number of carboxylic acid groups (broad SMARTS) is 1. The molecule has 1 aliphatic rings. The second kappa shape index (κ2) is 5.69. The van der Waals surface area contributed by atoms with Crippen LogP contribution in [0.1, 0.15) is 46.5 Å². The maximum absolute atomic E-state index is 11.6. The number of carbonyl (C=O) groups excluding carboxylic acids is 1. The standard InChI is InChI=1S/C13H23NO4/c1-12(2,3)18-10(15)4-5-13(11(16)17)6-8-14-9-7-13/h14H,4-9H2,1-3H3,(H,16,17). The normalized spacial score (nSPS) is 19.3. The van der Waals surface area contributed by atoms with Gasteiger partial charge in [-0.25, -0.2) is 0 Å². The molecule has 2 N–H and O–H groups in total. The molecule has 104 valence electrons. The number of nitrogens with one attached hydrogen (secondary N) is 1. The van der Waals surface area contributed by atoms with Gasteiger partial charge >= 0.3 is 11.9 Å². The summed E-state index contributed by atoms with van der Waals surface area (Å²) in [5, 5.41) is 12.5. The first-order valence-corrected chi connectivity index (χ1v) is 6.41. The largest absolute Gasteiger partial charge is 0.481 e. The Balaban J connectivity index is 2.53. The molecular formula is C13H23NO4. The molecule has 0 spiro atoms. The maximum Gasteiger partial charge on any atom is 0.309 e. The van der Waals surface area contributed by atoms with Gasteiger partial charge in [-0.3, -0.25) is 9.59 Å². The first-order valence-electron chi connectivity index (χ1n) is 6.41. The third kappa shape index (κ3) is 4.29. The zero-order valence-corrected chi connectivity index (χ0v) is 11.4. The lowest BCUT2D eigenvalue weighted by atomic mass is 9.75. The Hall–Kier alpha value is -1.10. The van der Waals surface area contributed by atoms with Gasteiger partial charge in [0, 0.05) is 6.42 Å². The average molecular weight is 257 g/mol. The molecule has 0 aromatic carbocycles. The first kappa shape index (κ1) is 15.0. The minimum absolute atomic E-state index is 0.170. The number of hydrogen-bond donors (Lipinski definition) is 2. The highest BCUT2D eigenvalue weighted by Gasteiger charge is 2.39. The Labute approximate surface area is 108 Å². The van der Waals surface area contributed by atoms with Gasteiger partial charge in [0.2, 0.25) is 0 Å². The van der Waals surface area contributed by atoms with Crippen molar-refractivity contribution in [1.29, 1.82) is 0 Å². The summed E-state index contributed by atoms with van der Waals surface area (Å²) in [6.45, 7) is 6.81. The molecule has 1 aliphatic heterocycles. The van der Waals surface area contributed by atoms with Crippen LogP contribution in [0.3, 0.4) is 0 Å². The van der Waals surface area contributed by atoms with Crippen LogP contribution < -0.4 is 5.32 Å². The lowest BCUT2D eigenvalue weighted by Crippen LogP contribution is -2.42. The first-order chi connectivity index (χ1) is 8.25. The van der Waals surface area contributed by atoms with E-state index in [2.05, 4.69) is 5.32 Å². The van der Waals surface area contributed by atoms with E-state index in [9.17, 15) is 14.7 Å². The minimum Gasteiger partial charge on any atom is -0.481 e. The molecule has 0 unspecified atom stereocenters. The van der Waals surface area contributed by atoms with Crippen LogP contribution in [0.5, 0.6) is 0 Å². The summed E-state index contributed by atoms with van der Waals surface area (Å²) in [6.07, 6.45) is 1.68. The van der Waals surface area contributed by atoms with Gasteiger partial charge in [0.1, 0.15) is 5.60 Å². The molecule has 0 aliphatic carbocycles. The predicted octanol–water partition coefficient (Wildman–Crippen LogP) is 1.56. The summed E-state index contributed by atoms with van der Waals surface area (Å²) in [4.78, 5) is 23.0. The quantitative estimate of drug-likeness (QED) is 0.748. The Morgan fingerprint density at radius 3 is 2.28 bits per heavy atom. The van der Waals surface area contributed by atoms with E-state index in [1.807, 2.05) is 20.8 Å². The monoisotopic (exact) mass is 257 g/mol. The highest BCUT2D eigenvalue weighted by atomic mass is 16.6. The zero-order chi connectivity index (χ0) is 13.8. The van der Waals surface area contributed by atoms with Crippen LogP contribution in [0, 0.1) is 5.41 Å². The number of piperidine rings is 1. The van der Waals surface area contributed by atoms with Crippen molar-refractivity contribution in [3.8, 4) is 0 Å². The third-order valence-corrected chi connectivity index (χ3v) is 3.24. The van der Waals surface area contributed by atoms with E-state index in [4.69, 9.17) is 4.74 Å². The van der Waals surface area contributed by atoms with Crippen molar-refractivity contribution in [2.75, 3.05) is 13.1 Å². The highest BCUT2D eigenvalue weighted by Crippen LogP contribution is 2.34. The minimum atomic E-state index is -0.799. The number of hydrogen-bond acceptors (Lipinski definition) is 4. The van der Waals surface area contributed by atoms with Crippen LogP contribution in [0.4, 0.5) is 0 Å². The molecule has 0 bridgehead atoms. The van der Waals surface area contributed by atoms with E-state index in [-0.39, 0.29) is 12.4 Å². The van der Waals surface area contributed by atoms with Crippen LogP contribution in [0.2, 0.25) is 0 Å². The number of rotatable bonds is 4. The molecule has 1 fully saturated rings. The number of ether oxygens (including phenoxy) is 1. The van der Waals surface area contributed by atoms with Crippen molar-refractivity contribution in [3.05, 3.63) is 0 Å². The zero-order valence-electron chi connectivity index (χ0n) is 11.4. The lowest BCUT2D eigenvalue weighted by Gasteiger charge is -2.33. The average Bonchev–Trinajstić information content (AvgIpc) is 2.25. The molecule has 5 nitrogen and oxygen atoms in total. The molecule has 0 saturated carbocycles. The number of carbonyl (C=O) groups is 2. The summed E-state index contributed by atoms with van der Waals surface area (Å²) in [5.74, 6) is -1.12. The van der Waals surface area contributed by atoms with Gasteiger partial charge in [-0.05, 0) is 53.1 Å². The molecular weight excluding hydrogens is 234 g/mol. The van der Waals surface area contributed by atoms with Crippen molar-refractivity contribution in [3.63, 3.8) is 0 Å². The fourth-order valence-electron chi connectivity index (χ4n) is 2.21. The summed E-state index contributed by atoms with van der Waals surface area (Å²) in [5.41, 5.74) is -1.27. The third-order valence-electron chi connectivity index (χ3n) is 3.24. The van der Waals surface area contributed by atoms with E-state index >= 15 is 0 Å². The van der Waals surface area contributed by atoms with Crippen LogP contribution >= 0.6 is 0 Å². The van der Waals surface area contributed by atoms with Crippen molar-refractivity contribution < 1.29 is 19.4 Å². The van der Waals surface area contributed by atoms with E-state index < -0.39 is 17.0 Å². The number of aliphatic carboxylic acids is 1. The SMILES string of the molecule is CC(C)(C)OC(=O)CCC1(C(=O)O)CCNCC1. The lowest BCUT2D eigenvalue weighted by molar-refractivity contribution is -0.157. The Bertz CT molecular complexity index is 313.